The quantitative estimate of drug-likeness (QED) is 0.366. The standard InChI is InChI=1S/C36H43ClN4O5S/c1-45-32-5-3-2-4-14-47(44,40-35(43)38-26-9-10-26)39-34(42)22-7-13-33-31(16-22)41(19-23-6-11-27(23)32)20-36(21-46-33)18-24-15-28(24)29-17-25(37)8-12-30(29)36/h3,5,7-8,12-13,16-17,23-24,26-28,32H,2,4,6,9-11,14-15,18-21H2,1H3,(H2,38,39,40,42,43,44)/b5-3+/t23-,24-,27+,28?,32-,36-,47?/m0/s1. The molecule has 0 saturated heterocycles. The lowest BCUT2D eigenvalue weighted by Gasteiger charge is -2.46. The Balaban J connectivity index is 1.19. The lowest BCUT2D eigenvalue weighted by Crippen LogP contribution is -2.49. The monoisotopic (exact) mass is 678 g/mol. The van der Waals surface area contributed by atoms with Gasteiger partial charge in [-0.05, 0) is 116 Å². The number of fused-ring (bicyclic) bond motifs is 6. The summed E-state index contributed by atoms with van der Waals surface area (Å²) >= 11 is 6.52. The summed E-state index contributed by atoms with van der Waals surface area (Å²) in [5, 5.41) is 3.59. The molecule has 0 aromatic heterocycles. The second kappa shape index (κ2) is 12.1. The Morgan fingerprint density at radius 1 is 1.15 bits per heavy atom. The molecule has 9 nitrogen and oxygen atoms in total. The minimum atomic E-state index is -3.37. The number of anilines is 1. The maximum atomic E-state index is 14.0. The van der Waals surface area contributed by atoms with Gasteiger partial charge in [0.2, 0.25) is 0 Å². The number of amides is 3. The van der Waals surface area contributed by atoms with Crippen molar-refractivity contribution in [1.29, 1.82) is 0 Å². The van der Waals surface area contributed by atoms with E-state index in [9.17, 15) is 13.8 Å². The Morgan fingerprint density at radius 2 is 2.02 bits per heavy atom. The molecule has 3 fully saturated rings. The second-order valence-electron chi connectivity index (χ2n) is 14.5. The molecule has 250 valence electrons. The van der Waals surface area contributed by atoms with Crippen molar-refractivity contribution in [2.24, 2.45) is 22.1 Å². The summed E-state index contributed by atoms with van der Waals surface area (Å²) in [7, 11) is -1.60. The molecule has 2 aromatic carbocycles. The molecule has 2 aromatic rings. The highest BCUT2D eigenvalue weighted by atomic mass is 35.5. The Labute approximate surface area is 282 Å². The van der Waals surface area contributed by atoms with Crippen molar-refractivity contribution in [2.75, 3.05) is 37.5 Å². The van der Waals surface area contributed by atoms with Gasteiger partial charge in [0.25, 0.3) is 5.91 Å². The van der Waals surface area contributed by atoms with E-state index in [-0.39, 0.29) is 23.3 Å². The van der Waals surface area contributed by atoms with Crippen molar-refractivity contribution in [2.45, 2.75) is 74.8 Å². The average Bonchev–Trinajstić information content (AvgIpc) is 3.96. The van der Waals surface area contributed by atoms with Gasteiger partial charge in [0, 0.05) is 42.2 Å². The maximum absolute atomic E-state index is 14.0. The van der Waals surface area contributed by atoms with Gasteiger partial charge in [-0.2, -0.15) is 0 Å². The zero-order chi connectivity index (χ0) is 32.3. The molecule has 0 radical (unpaired) electrons. The molecule has 2 unspecified atom stereocenters. The van der Waals surface area contributed by atoms with Gasteiger partial charge in [0.15, 0.2) is 0 Å². The Kier molecular flexibility index (Phi) is 8.04. The van der Waals surface area contributed by atoms with E-state index in [1.165, 1.54) is 17.5 Å². The molecular weight excluding hydrogens is 636 g/mol. The van der Waals surface area contributed by atoms with Crippen LogP contribution in [0, 0.1) is 17.8 Å². The number of ether oxygens (including phenoxy) is 2. The molecule has 2 bridgehead atoms. The van der Waals surface area contributed by atoms with Crippen LogP contribution in [0.25, 0.3) is 0 Å². The van der Waals surface area contributed by atoms with Crippen molar-refractivity contribution in [3.05, 3.63) is 70.3 Å². The van der Waals surface area contributed by atoms with E-state index in [2.05, 4.69) is 43.6 Å². The number of nitrogens with zero attached hydrogens (tertiary/aromatic N) is 2. The zero-order valence-corrected chi connectivity index (χ0v) is 28.4. The van der Waals surface area contributed by atoms with Gasteiger partial charge in [0.1, 0.15) is 15.7 Å². The smallest absolute Gasteiger partial charge is 0.327 e. The number of urea groups is 1. The van der Waals surface area contributed by atoms with Gasteiger partial charge in [-0.15, -0.1) is 4.36 Å². The zero-order valence-electron chi connectivity index (χ0n) is 26.8. The van der Waals surface area contributed by atoms with E-state index >= 15 is 0 Å². The van der Waals surface area contributed by atoms with Crippen LogP contribution in [-0.2, 0) is 20.1 Å². The van der Waals surface area contributed by atoms with E-state index in [1.54, 1.807) is 13.2 Å². The molecule has 3 saturated carbocycles. The summed E-state index contributed by atoms with van der Waals surface area (Å²) in [5.41, 5.74) is 3.63. The molecule has 2 heterocycles. The van der Waals surface area contributed by atoms with Crippen LogP contribution in [0.4, 0.5) is 10.5 Å². The number of carbonyl (C=O) groups excluding carboxylic acids is 2. The van der Waals surface area contributed by atoms with Crippen LogP contribution >= 0.6 is 11.6 Å². The minimum absolute atomic E-state index is 0.0208. The van der Waals surface area contributed by atoms with Crippen LogP contribution in [0.15, 0.2) is 52.9 Å². The Hall–Kier alpha value is -3.08. The molecule has 11 heteroatoms. The maximum Gasteiger partial charge on any atom is 0.327 e. The topological polar surface area (TPSA) is 109 Å². The summed E-state index contributed by atoms with van der Waals surface area (Å²) in [6.45, 7) is 2.10. The fraction of sp³-hybridized carbons (Fsp3) is 0.556. The van der Waals surface area contributed by atoms with Gasteiger partial charge >= 0.3 is 6.03 Å². The number of carbonyl (C=O) groups is 2. The molecule has 2 aliphatic heterocycles. The van der Waals surface area contributed by atoms with Crippen molar-refractivity contribution in [3.8, 4) is 5.75 Å². The van der Waals surface area contributed by atoms with E-state index in [4.69, 9.17) is 21.1 Å². The SMILES string of the molecule is CO[C@H]1/C=C/CCCS(=O)(NC(=O)NC2CC2)=NC(=O)c2ccc3c(c2)N(C[C@@H]2CC[C@H]21)C[C@]1(CO3)C[C@@H]2CC2c2cc(Cl)ccc21. The molecule has 47 heavy (non-hydrogen) atoms. The number of benzene rings is 2. The van der Waals surface area contributed by atoms with Gasteiger partial charge in [-0.3, -0.25) is 9.52 Å². The predicted octanol–water partition coefficient (Wildman–Crippen LogP) is 6.36. The summed E-state index contributed by atoms with van der Waals surface area (Å²) in [6.07, 6.45) is 11.6. The number of halogens is 1. The third-order valence-electron chi connectivity index (χ3n) is 11.2. The molecule has 4 aliphatic carbocycles. The largest absolute Gasteiger partial charge is 0.490 e. The molecule has 8 rings (SSSR count). The number of methoxy groups -OCH3 is 1. The summed E-state index contributed by atoms with van der Waals surface area (Å²) in [6, 6.07) is 11.3. The fourth-order valence-electron chi connectivity index (χ4n) is 8.42. The van der Waals surface area contributed by atoms with Crippen LogP contribution in [0.3, 0.4) is 0 Å². The van der Waals surface area contributed by atoms with E-state index in [0.29, 0.717) is 48.7 Å². The highest BCUT2D eigenvalue weighted by Gasteiger charge is 2.54. The van der Waals surface area contributed by atoms with Gasteiger partial charge < -0.3 is 19.7 Å². The molecule has 6 aliphatic rings. The van der Waals surface area contributed by atoms with Crippen molar-refractivity contribution in [3.63, 3.8) is 0 Å². The van der Waals surface area contributed by atoms with Crippen LogP contribution in [0.2, 0.25) is 5.02 Å². The third-order valence-corrected chi connectivity index (χ3v) is 13.3. The fourth-order valence-corrected chi connectivity index (χ4v) is 10.1. The molecule has 1 spiro atoms. The first-order valence-electron chi connectivity index (χ1n) is 17.1. The van der Waals surface area contributed by atoms with Gasteiger partial charge in [-0.1, -0.05) is 29.8 Å². The van der Waals surface area contributed by atoms with Crippen molar-refractivity contribution >= 4 is 39.1 Å². The van der Waals surface area contributed by atoms with Crippen LogP contribution in [0.5, 0.6) is 5.75 Å². The molecular formula is C36H43ClN4O5S. The first-order valence-corrected chi connectivity index (χ1v) is 19.2. The highest BCUT2D eigenvalue weighted by molar-refractivity contribution is 7.92. The average molecular weight is 679 g/mol. The van der Waals surface area contributed by atoms with Gasteiger partial charge in [-0.25, -0.2) is 9.00 Å². The lowest BCUT2D eigenvalue weighted by molar-refractivity contribution is 0.0131. The predicted molar refractivity (Wildman–Crippen MR) is 183 cm³/mol. The Bertz CT molecular complexity index is 1750. The molecule has 3 amide bonds. The summed E-state index contributed by atoms with van der Waals surface area (Å²) < 4.78 is 33.5. The number of rotatable bonds is 3. The third kappa shape index (κ3) is 6.17. The van der Waals surface area contributed by atoms with Gasteiger partial charge in [0.05, 0.1) is 24.2 Å². The normalized spacial score (nSPS) is 35.1. The number of hydrogen-bond donors (Lipinski definition) is 2. The Morgan fingerprint density at radius 3 is 2.81 bits per heavy atom. The number of nitrogens with one attached hydrogen (secondary N) is 2. The molecule has 2 N–H and O–H groups in total. The lowest BCUT2D eigenvalue weighted by atomic mass is 9.68. The minimum Gasteiger partial charge on any atom is -0.490 e. The highest BCUT2D eigenvalue weighted by Crippen LogP contribution is 2.61. The molecule has 7 atom stereocenters. The van der Waals surface area contributed by atoms with E-state index in [1.807, 2.05) is 18.2 Å². The summed E-state index contributed by atoms with van der Waals surface area (Å²) in [5.74, 6) is 2.16. The van der Waals surface area contributed by atoms with Crippen molar-refractivity contribution in [1.82, 2.24) is 10.0 Å². The first kappa shape index (κ1) is 31.2. The van der Waals surface area contributed by atoms with E-state index in [0.717, 1.165) is 61.7 Å². The number of hydrogen-bond acceptors (Lipinski definition) is 6. The number of allylic oxidation sites excluding steroid dienone is 1. The summed E-state index contributed by atoms with van der Waals surface area (Å²) in [4.78, 5) is 28.9. The van der Waals surface area contributed by atoms with Crippen LogP contribution < -0.4 is 19.7 Å². The van der Waals surface area contributed by atoms with Crippen LogP contribution in [0.1, 0.15) is 78.8 Å². The van der Waals surface area contributed by atoms with E-state index < -0.39 is 21.9 Å². The van der Waals surface area contributed by atoms with Crippen LogP contribution in [-0.4, -0.2) is 60.9 Å². The second-order valence-corrected chi connectivity index (χ2v) is 17.0. The van der Waals surface area contributed by atoms with Crippen molar-refractivity contribution < 1.29 is 23.3 Å². The first-order chi connectivity index (χ1) is 22.7.